The van der Waals surface area contributed by atoms with Crippen molar-refractivity contribution in [1.82, 2.24) is 5.32 Å². The van der Waals surface area contributed by atoms with Crippen molar-refractivity contribution in [3.8, 4) is 6.07 Å². The van der Waals surface area contributed by atoms with Crippen LogP contribution >= 0.6 is 0 Å². The maximum absolute atomic E-state index is 13.3. The summed E-state index contributed by atoms with van der Waals surface area (Å²) >= 11 is 0. The summed E-state index contributed by atoms with van der Waals surface area (Å²) in [5, 5.41) is 12.3. The zero-order valence-electron chi connectivity index (χ0n) is 11.7. The number of benzene rings is 1. The summed E-state index contributed by atoms with van der Waals surface area (Å²) in [6, 6.07) is 6.41. The Balaban J connectivity index is 2.21. The topological polar surface area (TPSA) is 52.9 Å². The van der Waals surface area contributed by atoms with Crippen LogP contribution in [0, 0.1) is 24.1 Å². The summed E-state index contributed by atoms with van der Waals surface area (Å²) in [4.78, 5) is 12.3. The highest BCUT2D eigenvalue weighted by Crippen LogP contribution is 2.27. The predicted octanol–water partition coefficient (Wildman–Crippen LogP) is 3.48. The molecular formula is C16H19FN2O. The molecule has 1 aromatic rings. The molecular weight excluding hydrogens is 255 g/mol. The molecule has 0 aliphatic heterocycles. The molecule has 20 heavy (non-hydrogen) atoms. The quantitative estimate of drug-likeness (QED) is 0.839. The van der Waals surface area contributed by atoms with Crippen LogP contribution < -0.4 is 5.32 Å². The second-order valence-corrected chi connectivity index (χ2v) is 5.52. The van der Waals surface area contributed by atoms with Crippen molar-refractivity contribution in [1.29, 1.82) is 5.26 Å². The molecule has 0 saturated heterocycles. The summed E-state index contributed by atoms with van der Waals surface area (Å²) in [6.45, 7) is 1.76. The summed E-state index contributed by atoms with van der Waals surface area (Å²) in [5.41, 5.74) is 0.223. The number of hydrogen-bond acceptors (Lipinski definition) is 2. The molecule has 1 aliphatic rings. The summed E-state index contributed by atoms with van der Waals surface area (Å²) in [5.74, 6) is -0.793. The Kier molecular flexibility index (Phi) is 4.39. The Morgan fingerprint density at radius 2 is 1.95 bits per heavy atom. The van der Waals surface area contributed by atoms with Gasteiger partial charge in [0, 0.05) is 5.56 Å². The third-order valence-electron chi connectivity index (χ3n) is 3.97. The van der Waals surface area contributed by atoms with Crippen LogP contribution in [0.15, 0.2) is 18.2 Å². The number of nitrogens with one attached hydrogen (secondary N) is 1. The highest BCUT2D eigenvalue weighted by atomic mass is 19.1. The number of nitriles is 1. The summed E-state index contributed by atoms with van der Waals surface area (Å²) in [6.07, 6.45) is 5.41. The highest BCUT2D eigenvalue weighted by Gasteiger charge is 2.33. The van der Waals surface area contributed by atoms with Crippen LogP contribution in [0.4, 0.5) is 4.39 Å². The number of aryl methyl sites for hydroxylation is 1. The van der Waals surface area contributed by atoms with E-state index in [0.29, 0.717) is 24.0 Å². The Hall–Kier alpha value is -1.89. The van der Waals surface area contributed by atoms with E-state index in [-0.39, 0.29) is 5.91 Å². The van der Waals surface area contributed by atoms with Gasteiger partial charge in [0.15, 0.2) is 0 Å². The molecule has 0 spiro atoms. The number of rotatable bonds is 2. The van der Waals surface area contributed by atoms with Gasteiger partial charge in [0.1, 0.15) is 11.4 Å². The largest absolute Gasteiger partial charge is 0.334 e. The average Bonchev–Trinajstić information content (AvgIpc) is 2.67. The van der Waals surface area contributed by atoms with Crippen molar-refractivity contribution in [2.45, 2.75) is 51.0 Å². The molecule has 4 heteroatoms. The Bertz CT molecular complexity index is 540. The maximum Gasteiger partial charge on any atom is 0.252 e. The van der Waals surface area contributed by atoms with Gasteiger partial charge in [-0.15, -0.1) is 0 Å². The Morgan fingerprint density at radius 3 is 2.55 bits per heavy atom. The molecule has 1 fully saturated rings. The van der Waals surface area contributed by atoms with Crippen molar-refractivity contribution in [2.75, 3.05) is 0 Å². The van der Waals surface area contributed by atoms with Crippen LogP contribution in [-0.4, -0.2) is 11.4 Å². The van der Waals surface area contributed by atoms with Gasteiger partial charge in [0.25, 0.3) is 5.91 Å². The molecule has 106 valence electrons. The first-order valence-corrected chi connectivity index (χ1v) is 7.06. The van der Waals surface area contributed by atoms with E-state index in [4.69, 9.17) is 0 Å². The second-order valence-electron chi connectivity index (χ2n) is 5.52. The fourth-order valence-electron chi connectivity index (χ4n) is 2.72. The van der Waals surface area contributed by atoms with E-state index in [1.165, 1.54) is 12.1 Å². The van der Waals surface area contributed by atoms with E-state index in [9.17, 15) is 14.4 Å². The molecule has 0 radical (unpaired) electrons. The molecule has 0 atom stereocenters. The van der Waals surface area contributed by atoms with Gasteiger partial charge >= 0.3 is 0 Å². The monoisotopic (exact) mass is 274 g/mol. The second kappa shape index (κ2) is 6.04. The fourth-order valence-corrected chi connectivity index (χ4v) is 2.72. The van der Waals surface area contributed by atoms with Crippen LogP contribution in [0.2, 0.25) is 0 Å². The van der Waals surface area contributed by atoms with Crippen molar-refractivity contribution in [2.24, 2.45) is 0 Å². The van der Waals surface area contributed by atoms with E-state index in [2.05, 4.69) is 11.4 Å². The first-order chi connectivity index (χ1) is 9.56. The smallest absolute Gasteiger partial charge is 0.252 e. The lowest BCUT2D eigenvalue weighted by Crippen LogP contribution is -2.47. The van der Waals surface area contributed by atoms with E-state index in [0.717, 1.165) is 25.7 Å². The number of amides is 1. The van der Waals surface area contributed by atoms with E-state index in [1.54, 1.807) is 13.0 Å². The lowest BCUT2D eigenvalue weighted by molar-refractivity contribution is 0.0912. The SMILES string of the molecule is Cc1ccc(F)cc1C(=O)NC1(C#N)CCCCCC1. The molecule has 1 aromatic carbocycles. The lowest BCUT2D eigenvalue weighted by Gasteiger charge is -2.26. The van der Waals surface area contributed by atoms with Crippen LogP contribution in [0.25, 0.3) is 0 Å². The van der Waals surface area contributed by atoms with Crippen molar-refractivity contribution < 1.29 is 9.18 Å². The Labute approximate surface area is 118 Å². The number of carbonyl (C=O) groups excluding carboxylic acids is 1. The number of carbonyl (C=O) groups is 1. The van der Waals surface area contributed by atoms with Gasteiger partial charge in [0.2, 0.25) is 0 Å². The first-order valence-electron chi connectivity index (χ1n) is 7.06. The molecule has 0 bridgehead atoms. The maximum atomic E-state index is 13.3. The van der Waals surface area contributed by atoms with Crippen LogP contribution in [-0.2, 0) is 0 Å². The van der Waals surface area contributed by atoms with E-state index >= 15 is 0 Å². The van der Waals surface area contributed by atoms with Gasteiger partial charge in [-0.3, -0.25) is 4.79 Å². The minimum atomic E-state index is -0.799. The highest BCUT2D eigenvalue weighted by molar-refractivity contribution is 5.96. The van der Waals surface area contributed by atoms with Crippen LogP contribution in [0.1, 0.15) is 54.4 Å². The van der Waals surface area contributed by atoms with Gasteiger partial charge in [-0.25, -0.2) is 4.39 Å². The van der Waals surface area contributed by atoms with Gasteiger partial charge in [-0.05, 0) is 37.5 Å². The predicted molar refractivity (Wildman–Crippen MR) is 74.6 cm³/mol. The van der Waals surface area contributed by atoms with E-state index < -0.39 is 11.4 Å². The lowest BCUT2D eigenvalue weighted by atomic mass is 9.91. The molecule has 3 nitrogen and oxygen atoms in total. The van der Waals surface area contributed by atoms with Crippen molar-refractivity contribution in [3.05, 3.63) is 35.1 Å². The van der Waals surface area contributed by atoms with Crippen LogP contribution in [0.5, 0.6) is 0 Å². The number of nitrogens with zero attached hydrogens (tertiary/aromatic N) is 1. The van der Waals surface area contributed by atoms with Gasteiger partial charge < -0.3 is 5.32 Å². The third-order valence-corrected chi connectivity index (χ3v) is 3.97. The van der Waals surface area contributed by atoms with Crippen molar-refractivity contribution in [3.63, 3.8) is 0 Å². The molecule has 1 saturated carbocycles. The standard InChI is InChI=1S/C16H19FN2O/c1-12-6-7-13(17)10-14(12)15(20)19-16(11-18)8-4-2-3-5-9-16/h6-7,10H,2-5,8-9H2,1H3,(H,19,20). The molecule has 0 heterocycles. The number of hydrogen-bond donors (Lipinski definition) is 1. The summed E-state index contributed by atoms with van der Waals surface area (Å²) in [7, 11) is 0. The Morgan fingerprint density at radius 1 is 1.30 bits per heavy atom. The summed E-state index contributed by atoms with van der Waals surface area (Å²) < 4.78 is 13.3. The molecule has 2 rings (SSSR count). The first kappa shape index (κ1) is 14.5. The fraction of sp³-hybridized carbons (Fsp3) is 0.500. The molecule has 0 unspecified atom stereocenters. The zero-order chi connectivity index (χ0) is 14.6. The third kappa shape index (κ3) is 3.16. The normalized spacial score (nSPS) is 17.9. The molecule has 1 N–H and O–H groups in total. The van der Waals surface area contributed by atoms with Crippen molar-refractivity contribution >= 4 is 5.91 Å². The average molecular weight is 274 g/mol. The minimum absolute atomic E-state index is 0.309. The van der Waals surface area contributed by atoms with Gasteiger partial charge in [-0.2, -0.15) is 5.26 Å². The van der Waals surface area contributed by atoms with Gasteiger partial charge in [0.05, 0.1) is 6.07 Å². The molecule has 0 aromatic heterocycles. The zero-order valence-corrected chi connectivity index (χ0v) is 11.7. The van der Waals surface area contributed by atoms with Gasteiger partial charge in [-0.1, -0.05) is 31.7 Å². The van der Waals surface area contributed by atoms with Crippen LogP contribution in [0.3, 0.4) is 0 Å². The molecule has 1 aliphatic carbocycles. The molecule has 1 amide bonds. The minimum Gasteiger partial charge on any atom is -0.334 e. The van der Waals surface area contributed by atoms with E-state index in [1.807, 2.05) is 0 Å². The number of halogens is 1.